The maximum absolute atomic E-state index is 15.1. The normalized spacial score (nSPS) is 17.3. The van der Waals surface area contributed by atoms with Gasteiger partial charge in [-0.05, 0) is 49.8 Å². The molecule has 1 unspecified atom stereocenters. The van der Waals surface area contributed by atoms with E-state index in [4.69, 9.17) is 15.6 Å². The lowest BCUT2D eigenvalue weighted by Gasteiger charge is -2.27. The average molecular weight is 502 g/mol. The van der Waals surface area contributed by atoms with Gasteiger partial charge in [0.05, 0.1) is 12.2 Å². The molecule has 196 valence electrons. The number of hydrogen-bond donors (Lipinski definition) is 3. The Bertz CT molecular complexity index is 1020. The molecule has 0 saturated carbocycles. The van der Waals surface area contributed by atoms with Crippen LogP contribution in [0.15, 0.2) is 47.3 Å². The molecule has 0 radical (unpaired) electrons. The fraction of sp³-hybridized carbons (Fsp3) is 0.500. The molecule has 0 spiro atoms. The van der Waals surface area contributed by atoms with E-state index in [0.717, 1.165) is 25.9 Å². The molecule has 2 heterocycles. The van der Waals surface area contributed by atoms with E-state index in [2.05, 4.69) is 10.3 Å². The number of carbonyl (C=O) groups excluding carboxylic acids is 2. The van der Waals surface area contributed by atoms with E-state index in [1.165, 1.54) is 23.1 Å². The average Bonchev–Trinajstić information content (AvgIpc) is 3.48. The Morgan fingerprint density at radius 1 is 1.33 bits per heavy atom. The molecule has 0 aliphatic carbocycles. The van der Waals surface area contributed by atoms with Crippen LogP contribution in [0.1, 0.15) is 39.5 Å². The molecule has 1 aromatic rings. The summed E-state index contributed by atoms with van der Waals surface area (Å²) in [5.41, 5.74) is 6.36. The van der Waals surface area contributed by atoms with Crippen LogP contribution in [0.2, 0.25) is 0 Å². The van der Waals surface area contributed by atoms with E-state index in [1.807, 2.05) is 18.7 Å². The number of carbonyl (C=O) groups is 2. The molecule has 2 amide bonds. The predicted molar refractivity (Wildman–Crippen MR) is 137 cm³/mol. The predicted octanol–water partition coefficient (Wildman–Crippen LogP) is 2.32. The summed E-state index contributed by atoms with van der Waals surface area (Å²) in [6.07, 6.45) is 7.31. The Labute approximate surface area is 211 Å². The maximum atomic E-state index is 15.1. The maximum Gasteiger partial charge on any atom is 0.270 e. The second-order valence-electron chi connectivity index (χ2n) is 9.35. The summed E-state index contributed by atoms with van der Waals surface area (Å²) < 4.78 is 20.9. The molecule has 2 aliphatic heterocycles. The lowest BCUT2D eigenvalue weighted by atomic mass is 10.0. The van der Waals surface area contributed by atoms with Crippen molar-refractivity contribution in [3.05, 3.63) is 48.1 Å². The van der Waals surface area contributed by atoms with E-state index < -0.39 is 23.7 Å². The van der Waals surface area contributed by atoms with Crippen molar-refractivity contribution in [3.8, 4) is 5.75 Å². The van der Waals surface area contributed by atoms with Gasteiger partial charge in [-0.3, -0.25) is 9.59 Å². The van der Waals surface area contributed by atoms with Crippen molar-refractivity contribution in [1.29, 1.82) is 0 Å². The van der Waals surface area contributed by atoms with Gasteiger partial charge in [-0.1, -0.05) is 19.9 Å². The van der Waals surface area contributed by atoms with Crippen LogP contribution in [0.3, 0.4) is 0 Å². The van der Waals surface area contributed by atoms with Crippen LogP contribution in [0, 0.1) is 11.7 Å². The first-order chi connectivity index (χ1) is 17.3. The molecule has 0 bridgehead atoms. The highest BCUT2D eigenvalue weighted by atomic mass is 19.1. The highest BCUT2D eigenvalue weighted by molar-refractivity contribution is 6.03. The number of rotatable bonds is 12. The van der Waals surface area contributed by atoms with E-state index in [-0.39, 0.29) is 36.4 Å². The van der Waals surface area contributed by atoms with Crippen LogP contribution in [-0.2, 0) is 9.59 Å². The third-order valence-corrected chi connectivity index (χ3v) is 5.97. The number of nitrogens with two attached hydrogens (primary N) is 1. The number of benzene rings is 1. The number of aliphatic hydroxyl groups is 1. The summed E-state index contributed by atoms with van der Waals surface area (Å²) in [4.78, 5) is 33.1. The smallest absolute Gasteiger partial charge is 0.270 e. The van der Waals surface area contributed by atoms with Gasteiger partial charge >= 0.3 is 0 Å². The number of aliphatic hydroxyl groups excluding tert-OH is 1. The molecule has 2 aliphatic rings. The summed E-state index contributed by atoms with van der Waals surface area (Å²) in [5.74, 6) is -0.961. The minimum Gasteiger partial charge on any atom is -0.456 e. The SMILES string of the molecule is CC(C)CC(C(=O)N=C(N)/C=C\NCCCO)N1CC(Oc2cccc(N3CCCC3)c2F)=CC1=O. The molecule has 0 aromatic heterocycles. The molecule has 1 aromatic carbocycles. The van der Waals surface area contributed by atoms with Crippen molar-refractivity contribution in [2.24, 2.45) is 16.6 Å². The Kier molecular flexibility index (Phi) is 9.86. The lowest BCUT2D eigenvalue weighted by molar-refractivity contribution is -0.134. The molecule has 1 fully saturated rings. The monoisotopic (exact) mass is 501 g/mol. The highest BCUT2D eigenvalue weighted by Crippen LogP contribution is 2.32. The Morgan fingerprint density at radius 3 is 2.78 bits per heavy atom. The van der Waals surface area contributed by atoms with Crippen LogP contribution >= 0.6 is 0 Å². The Balaban J connectivity index is 1.69. The van der Waals surface area contributed by atoms with Crippen LogP contribution in [0.5, 0.6) is 5.75 Å². The van der Waals surface area contributed by atoms with Gasteiger partial charge in [0.2, 0.25) is 0 Å². The Hall–Kier alpha value is -3.40. The number of anilines is 1. The van der Waals surface area contributed by atoms with Crippen molar-refractivity contribution in [2.45, 2.75) is 45.6 Å². The van der Waals surface area contributed by atoms with E-state index in [9.17, 15) is 9.59 Å². The number of nitrogens with one attached hydrogen (secondary N) is 1. The molecule has 10 heteroatoms. The largest absolute Gasteiger partial charge is 0.456 e. The zero-order valence-electron chi connectivity index (χ0n) is 21.0. The fourth-order valence-corrected chi connectivity index (χ4v) is 4.21. The van der Waals surface area contributed by atoms with E-state index in [1.54, 1.807) is 18.3 Å². The first-order valence-corrected chi connectivity index (χ1v) is 12.4. The van der Waals surface area contributed by atoms with Gasteiger partial charge < -0.3 is 30.7 Å². The number of hydrogen-bond acceptors (Lipinski definition) is 6. The quantitative estimate of drug-likeness (QED) is 0.228. The van der Waals surface area contributed by atoms with Crippen molar-refractivity contribution in [3.63, 3.8) is 0 Å². The fourth-order valence-electron chi connectivity index (χ4n) is 4.21. The van der Waals surface area contributed by atoms with Crippen molar-refractivity contribution >= 4 is 23.3 Å². The van der Waals surface area contributed by atoms with Crippen LogP contribution in [0.25, 0.3) is 0 Å². The summed E-state index contributed by atoms with van der Waals surface area (Å²) in [7, 11) is 0. The summed E-state index contributed by atoms with van der Waals surface area (Å²) >= 11 is 0. The lowest BCUT2D eigenvalue weighted by Crippen LogP contribution is -2.43. The topological polar surface area (TPSA) is 120 Å². The third-order valence-electron chi connectivity index (χ3n) is 5.97. The highest BCUT2D eigenvalue weighted by Gasteiger charge is 2.35. The number of ether oxygens (including phenoxy) is 1. The zero-order valence-corrected chi connectivity index (χ0v) is 21.0. The minimum absolute atomic E-state index is 0.00197. The van der Waals surface area contributed by atoms with E-state index in [0.29, 0.717) is 25.1 Å². The van der Waals surface area contributed by atoms with Crippen molar-refractivity contribution in [1.82, 2.24) is 10.2 Å². The zero-order chi connectivity index (χ0) is 26.1. The van der Waals surface area contributed by atoms with Gasteiger partial charge in [0.15, 0.2) is 11.6 Å². The standard InChI is InChI=1S/C26H36FN5O4/c1-18(2)15-21(26(35)30-23(28)9-11-29-10-6-14-33)32-17-19(16-24(32)34)36-22-8-5-7-20(25(22)27)31-12-3-4-13-31/h5,7-9,11,16,18,21,29,33H,3-4,6,10,12-15,17H2,1-2H3,(H2,28,30,35)/b11-9-. The number of amides is 2. The van der Waals surface area contributed by atoms with Crippen LogP contribution in [0.4, 0.5) is 10.1 Å². The van der Waals surface area contributed by atoms with Crippen molar-refractivity contribution in [2.75, 3.05) is 37.7 Å². The molecular weight excluding hydrogens is 465 g/mol. The van der Waals surface area contributed by atoms with E-state index >= 15 is 4.39 Å². The molecular formula is C26H36FN5O4. The number of amidine groups is 1. The first kappa shape index (κ1) is 27.2. The molecule has 36 heavy (non-hydrogen) atoms. The number of nitrogens with zero attached hydrogens (tertiary/aromatic N) is 3. The number of halogens is 1. The second-order valence-corrected chi connectivity index (χ2v) is 9.35. The van der Waals surface area contributed by atoms with Gasteiger partial charge in [0.25, 0.3) is 11.8 Å². The van der Waals surface area contributed by atoms with Gasteiger partial charge in [0.1, 0.15) is 17.6 Å². The third kappa shape index (κ3) is 7.30. The molecule has 3 rings (SSSR count). The molecule has 4 N–H and O–H groups in total. The first-order valence-electron chi connectivity index (χ1n) is 12.4. The molecule has 1 saturated heterocycles. The molecule has 9 nitrogen and oxygen atoms in total. The van der Waals surface area contributed by atoms with Crippen LogP contribution < -0.4 is 20.7 Å². The van der Waals surface area contributed by atoms with Crippen LogP contribution in [-0.4, -0.2) is 66.5 Å². The summed E-state index contributed by atoms with van der Waals surface area (Å²) in [5, 5.41) is 11.7. The number of aliphatic imine (C=N–C) groups is 1. The minimum atomic E-state index is -0.829. The second kappa shape index (κ2) is 13.1. The van der Waals surface area contributed by atoms with Gasteiger partial charge in [-0.2, -0.15) is 4.99 Å². The molecule has 1 atom stereocenters. The van der Waals surface area contributed by atoms with Crippen molar-refractivity contribution < 1.29 is 23.8 Å². The summed E-state index contributed by atoms with van der Waals surface area (Å²) in [6.45, 7) is 6.15. The van der Waals surface area contributed by atoms with Gasteiger partial charge in [0, 0.05) is 38.5 Å². The van der Waals surface area contributed by atoms with Gasteiger partial charge in [-0.15, -0.1) is 0 Å². The Morgan fingerprint density at radius 2 is 2.08 bits per heavy atom. The summed E-state index contributed by atoms with van der Waals surface area (Å²) in [6, 6.07) is 4.16. The van der Waals surface area contributed by atoms with Gasteiger partial charge in [-0.25, -0.2) is 4.39 Å².